The Balaban J connectivity index is 1.39. The van der Waals surface area contributed by atoms with Gasteiger partial charge < -0.3 is 15.0 Å². The molecule has 31 heavy (non-hydrogen) atoms. The maximum absolute atomic E-state index is 12.8. The number of nitrogens with one attached hydrogen (secondary N) is 2. The van der Waals surface area contributed by atoms with E-state index in [2.05, 4.69) is 27.4 Å². The van der Waals surface area contributed by atoms with Crippen molar-refractivity contribution in [3.05, 3.63) is 81.8 Å². The van der Waals surface area contributed by atoms with Crippen LogP contribution < -0.4 is 20.5 Å². The van der Waals surface area contributed by atoms with E-state index in [4.69, 9.17) is 4.74 Å². The molecule has 2 N–H and O–H groups in total. The van der Waals surface area contributed by atoms with Crippen LogP contribution in [0, 0.1) is 0 Å². The molecule has 7 nitrogen and oxygen atoms in total. The van der Waals surface area contributed by atoms with Crippen molar-refractivity contribution >= 4 is 17.5 Å². The Hall–Kier alpha value is -3.61. The van der Waals surface area contributed by atoms with E-state index in [1.807, 2.05) is 36.4 Å². The van der Waals surface area contributed by atoms with E-state index in [0.29, 0.717) is 30.4 Å². The molecule has 2 aromatic carbocycles. The van der Waals surface area contributed by atoms with Gasteiger partial charge >= 0.3 is 0 Å². The third kappa shape index (κ3) is 3.67. The molecule has 1 aliphatic carbocycles. The van der Waals surface area contributed by atoms with E-state index < -0.39 is 0 Å². The number of nitrogens with zero attached hydrogens (tertiary/aromatic N) is 2. The minimum atomic E-state index is -0.220. The van der Waals surface area contributed by atoms with E-state index in [-0.39, 0.29) is 23.4 Å². The number of benzene rings is 2. The zero-order valence-electron chi connectivity index (χ0n) is 17.3. The summed E-state index contributed by atoms with van der Waals surface area (Å²) in [7, 11) is 1.59. The van der Waals surface area contributed by atoms with E-state index in [9.17, 15) is 9.59 Å². The van der Waals surface area contributed by atoms with Crippen LogP contribution in [0.1, 0.15) is 41.6 Å². The smallest absolute Gasteiger partial charge is 0.252 e. The lowest BCUT2D eigenvalue weighted by Crippen LogP contribution is -2.25. The predicted molar refractivity (Wildman–Crippen MR) is 119 cm³/mol. The summed E-state index contributed by atoms with van der Waals surface area (Å²) in [6.07, 6.45) is 2.26. The Morgan fingerprint density at radius 3 is 2.81 bits per heavy atom. The second kappa shape index (κ2) is 7.91. The van der Waals surface area contributed by atoms with Crippen molar-refractivity contribution < 1.29 is 9.53 Å². The molecule has 0 radical (unpaired) electrons. The van der Waals surface area contributed by atoms with Crippen molar-refractivity contribution in [1.82, 2.24) is 9.97 Å². The number of fused-ring (bicyclic) bond motifs is 1. The first kappa shape index (κ1) is 19.4. The van der Waals surface area contributed by atoms with Gasteiger partial charge in [-0.15, -0.1) is 0 Å². The molecule has 2 atom stereocenters. The van der Waals surface area contributed by atoms with Gasteiger partial charge in [-0.05, 0) is 36.1 Å². The van der Waals surface area contributed by atoms with Crippen molar-refractivity contribution in [2.24, 2.45) is 0 Å². The first-order valence-electron chi connectivity index (χ1n) is 10.5. The fraction of sp³-hybridized carbons (Fsp3) is 0.292. The molecular weight excluding hydrogens is 392 g/mol. The number of para-hydroxylation sites is 2. The molecule has 1 fully saturated rings. The second-order valence-electron chi connectivity index (χ2n) is 8.03. The fourth-order valence-electron chi connectivity index (χ4n) is 4.62. The summed E-state index contributed by atoms with van der Waals surface area (Å²) in [5.74, 6) is 0.942. The lowest BCUT2D eigenvalue weighted by atomic mass is 10.0. The van der Waals surface area contributed by atoms with Crippen molar-refractivity contribution in [2.45, 2.75) is 31.2 Å². The molecule has 0 saturated carbocycles. The highest BCUT2D eigenvalue weighted by atomic mass is 16.5. The van der Waals surface area contributed by atoms with Gasteiger partial charge in [0.2, 0.25) is 11.9 Å². The van der Waals surface area contributed by atoms with Gasteiger partial charge in [0.25, 0.3) is 5.56 Å². The first-order chi connectivity index (χ1) is 15.1. The molecule has 5 rings (SSSR count). The average molecular weight is 416 g/mol. The highest BCUT2D eigenvalue weighted by Gasteiger charge is 2.34. The molecule has 0 bridgehead atoms. The van der Waals surface area contributed by atoms with Crippen LogP contribution in [0.2, 0.25) is 0 Å². The van der Waals surface area contributed by atoms with Crippen molar-refractivity contribution in [2.75, 3.05) is 23.9 Å². The molecular formula is C24H24N4O3. The molecule has 158 valence electrons. The Morgan fingerprint density at radius 2 is 1.94 bits per heavy atom. The number of ether oxygens (including phenoxy) is 1. The zero-order valence-corrected chi connectivity index (χ0v) is 17.3. The average Bonchev–Trinajstić information content (AvgIpc) is 3.37. The Bertz CT molecular complexity index is 1190. The van der Waals surface area contributed by atoms with Crippen LogP contribution >= 0.6 is 0 Å². The Labute approximate surface area is 180 Å². The van der Waals surface area contributed by atoms with Crippen LogP contribution in [0.5, 0.6) is 5.75 Å². The molecule has 3 aromatic rings. The summed E-state index contributed by atoms with van der Waals surface area (Å²) < 4.78 is 5.41. The number of rotatable bonds is 5. The number of carbonyl (C=O) groups excluding carboxylic acids is 1. The SMILES string of the molecule is COc1ccccc1N1C[C@H](c2cc(=O)[nH]c(N[C@@H]3CCc4ccccc43)n2)CC1=O. The summed E-state index contributed by atoms with van der Waals surface area (Å²) in [5.41, 5.74) is 3.72. The Morgan fingerprint density at radius 1 is 1.13 bits per heavy atom. The Kier molecular flexibility index (Phi) is 4.94. The standard InChI is InChI=1S/C24H24N4O3/c1-31-21-9-5-4-8-20(21)28-14-16(12-23(28)30)19-13-22(29)27-24(26-19)25-18-11-10-15-6-2-3-7-17(15)18/h2-9,13,16,18H,10-12,14H2,1H3,(H2,25,26,27,29)/t16-,18-/m1/s1. The number of anilines is 2. The van der Waals surface area contributed by atoms with Crippen LogP contribution in [-0.2, 0) is 11.2 Å². The number of hydrogen-bond donors (Lipinski definition) is 2. The lowest BCUT2D eigenvalue weighted by Gasteiger charge is -2.19. The van der Waals surface area contributed by atoms with Crippen LogP contribution in [0.15, 0.2) is 59.4 Å². The quantitative estimate of drug-likeness (QED) is 0.666. The van der Waals surface area contributed by atoms with Crippen LogP contribution in [-0.4, -0.2) is 29.5 Å². The minimum Gasteiger partial charge on any atom is -0.495 e. The van der Waals surface area contributed by atoms with Gasteiger partial charge in [0, 0.05) is 24.9 Å². The monoisotopic (exact) mass is 416 g/mol. The van der Waals surface area contributed by atoms with Gasteiger partial charge in [0.1, 0.15) is 5.75 Å². The predicted octanol–water partition coefficient (Wildman–Crippen LogP) is 3.40. The third-order valence-electron chi connectivity index (χ3n) is 6.12. The molecule has 0 unspecified atom stereocenters. The summed E-state index contributed by atoms with van der Waals surface area (Å²) >= 11 is 0. The number of H-pyrrole nitrogens is 1. The van der Waals surface area contributed by atoms with Gasteiger partial charge in [-0.25, -0.2) is 4.98 Å². The molecule has 2 heterocycles. The number of aromatic nitrogens is 2. The molecule has 7 heteroatoms. The lowest BCUT2D eigenvalue weighted by molar-refractivity contribution is -0.117. The van der Waals surface area contributed by atoms with E-state index in [1.54, 1.807) is 12.0 Å². The fourth-order valence-corrected chi connectivity index (χ4v) is 4.62. The summed E-state index contributed by atoms with van der Waals surface area (Å²) in [6.45, 7) is 0.460. The first-order valence-corrected chi connectivity index (χ1v) is 10.5. The molecule has 0 spiro atoms. The number of hydrogen-bond acceptors (Lipinski definition) is 5. The highest BCUT2D eigenvalue weighted by Crippen LogP contribution is 2.36. The largest absolute Gasteiger partial charge is 0.495 e. The minimum absolute atomic E-state index is 0.00388. The summed E-state index contributed by atoms with van der Waals surface area (Å²) in [5, 5.41) is 3.39. The van der Waals surface area contributed by atoms with Crippen LogP contribution in [0.3, 0.4) is 0 Å². The van der Waals surface area contributed by atoms with E-state index in [0.717, 1.165) is 18.5 Å². The van der Waals surface area contributed by atoms with Crippen LogP contribution in [0.4, 0.5) is 11.6 Å². The van der Waals surface area contributed by atoms with Gasteiger partial charge in [0.15, 0.2) is 0 Å². The van der Waals surface area contributed by atoms with Gasteiger partial charge in [0.05, 0.1) is 24.5 Å². The van der Waals surface area contributed by atoms with E-state index >= 15 is 0 Å². The van der Waals surface area contributed by atoms with Crippen LogP contribution in [0.25, 0.3) is 0 Å². The topological polar surface area (TPSA) is 87.3 Å². The number of aromatic amines is 1. The number of methoxy groups -OCH3 is 1. The summed E-state index contributed by atoms with van der Waals surface area (Å²) in [4.78, 5) is 34.3. The normalized spacial score (nSPS) is 20.0. The molecule has 1 amide bonds. The molecule has 1 saturated heterocycles. The van der Waals surface area contributed by atoms with Gasteiger partial charge in [-0.2, -0.15) is 0 Å². The number of aryl methyl sites for hydroxylation is 1. The van der Waals surface area contributed by atoms with Crippen molar-refractivity contribution in [3.8, 4) is 5.75 Å². The highest BCUT2D eigenvalue weighted by molar-refractivity contribution is 5.97. The zero-order chi connectivity index (χ0) is 21.4. The van der Waals surface area contributed by atoms with Crippen molar-refractivity contribution in [1.29, 1.82) is 0 Å². The van der Waals surface area contributed by atoms with Crippen molar-refractivity contribution in [3.63, 3.8) is 0 Å². The second-order valence-corrected chi connectivity index (χ2v) is 8.03. The number of carbonyl (C=O) groups is 1. The maximum atomic E-state index is 12.8. The van der Waals surface area contributed by atoms with E-state index in [1.165, 1.54) is 17.2 Å². The maximum Gasteiger partial charge on any atom is 0.252 e. The molecule has 1 aromatic heterocycles. The van der Waals surface area contributed by atoms with Gasteiger partial charge in [-0.3, -0.25) is 14.6 Å². The third-order valence-corrected chi connectivity index (χ3v) is 6.12. The van der Waals surface area contributed by atoms with Gasteiger partial charge in [-0.1, -0.05) is 36.4 Å². The number of amides is 1. The molecule has 2 aliphatic rings. The summed E-state index contributed by atoms with van der Waals surface area (Å²) in [6, 6.07) is 17.4. The molecule has 1 aliphatic heterocycles.